The number of carbonyl (C=O) groups excluding carboxylic acids is 1. The number of hydrogen-bond donors (Lipinski definition) is 1. The summed E-state index contributed by atoms with van der Waals surface area (Å²) in [6.07, 6.45) is 3.14. The van der Waals surface area contributed by atoms with Crippen LogP contribution in [0.15, 0.2) is 48.8 Å². The van der Waals surface area contributed by atoms with Crippen LogP contribution < -0.4 is 10.2 Å². The second-order valence-corrected chi connectivity index (χ2v) is 8.01. The number of halogens is 2. The predicted molar refractivity (Wildman–Crippen MR) is 122 cm³/mol. The molecule has 1 N–H and O–H groups in total. The summed E-state index contributed by atoms with van der Waals surface area (Å²) in [6.45, 7) is 4.43. The van der Waals surface area contributed by atoms with Gasteiger partial charge in [0.1, 0.15) is 5.82 Å². The summed E-state index contributed by atoms with van der Waals surface area (Å²) in [5, 5.41) is 15.4. The number of carbonyl (C=O) groups is 1. The Balaban J connectivity index is 1.44. The second-order valence-electron chi connectivity index (χ2n) is 7.60. The molecular formula is C22H21ClFN5O3. The summed E-state index contributed by atoms with van der Waals surface area (Å²) in [5.74, 6) is -0.739. The topological polar surface area (TPSA) is 91.6 Å². The van der Waals surface area contributed by atoms with Gasteiger partial charge in [-0.3, -0.25) is 24.8 Å². The van der Waals surface area contributed by atoms with Crippen LogP contribution in [0.4, 0.5) is 21.5 Å². The third kappa shape index (κ3) is 4.35. The molecule has 1 aliphatic heterocycles. The highest BCUT2D eigenvalue weighted by Crippen LogP contribution is 2.33. The van der Waals surface area contributed by atoms with Gasteiger partial charge in [-0.15, -0.1) is 0 Å². The summed E-state index contributed by atoms with van der Waals surface area (Å²) >= 11 is 5.78. The monoisotopic (exact) mass is 457 g/mol. The average molecular weight is 458 g/mol. The Bertz CT molecular complexity index is 1180. The minimum absolute atomic E-state index is 0.0293. The summed E-state index contributed by atoms with van der Waals surface area (Å²) < 4.78 is 13.3. The molecule has 0 bridgehead atoms. The van der Waals surface area contributed by atoms with Crippen molar-refractivity contribution < 1.29 is 14.1 Å². The number of pyridine rings is 1. The van der Waals surface area contributed by atoms with Gasteiger partial charge in [0.05, 0.1) is 21.4 Å². The molecule has 4 rings (SSSR count). The summed E-state index contributed by atoms with van der Waals surface area (Å²) in [7, 11) is 0. The first kappa shape index (κ1) is 21.9. The Morgan fingerprint density at radius 2 is 1.94 bits per heavy atom. The Labute approximate surface area is 188 Å². The highest BCUT2D eigenvalue weighted by molar-refractivity contribution is 6.31. The third-order valence-corrected chi connectivity index (χ3v) is 6.03. The van der Waals surface area contributed by atoms with Crippen LogP contribution in [-0.2, 0) is 4.79 Å². The molecule has 10 heteroatoms. The molecule has 0 spiro atoms. The van der Waals surface area contributed by atoms with E-state index in [2.05, 4.69) is 20.1 Å². The van der Waals surface area contributed by atoms with Gasteiger partial charge in [-0.2, -0.15) is 0 Å². The smallest absolute Gasteiger partial charge is 0.278 e. The van der Waals surface area contributed by atoms with Crippen LogP contribution in [0.3, 0.4) is 0 Å². The van der Waals surface area contributed by atoms with E-state index in [0.717, 1.165) is 11.1 Å². The molecule has 1 atom stereocenters. The van der Waals surface area contributed by atoms with Crippen LogP contribution in [0.2, 0.25) is 5.02 Å². The van der Waals surface area contributed by atoms with E-state index in [4.69, 9.17) is 11.6 Å². The number of rotatable bonds is 5. The molecule has 2 aromatic carbocycles. The quantitative estimate of drug-likeness (QED) is 0.458. The number of fused-ring (bicyclic) bond motifs is 1. The van der Waals surface area contributed by atoms with E-state index in [0.29, 0.717) is 37.3 Å². The van der Waals surface area contributed by atoms with Crippen molar-refractivity contribution >= 4 is 45.3 Å². The number of nitro benzene ring substituents is 1. The van der Waals surface area contributed by atoms with Gasteiger partial charge in [-0.1, -0.05) is 11.6 Å². The maximum atomic E-state index is 13.3. The molecule has 3 aromatic rings. The number of non-ortho nitro benzene ring substituents is 1. The fourth-order valence-corrected chi connectivity index (χ4v) is 4.11. The minimum Gasteiger partial charge on any atom is -0.368 e. The molecule has 1 saturated heterocycles. The first-order valence-corrected chi connectivity index (χ1v) is 10.5. The highest BCUT2D eigenvalue weighted by Gasteiger charge is 2.27. The van der Waals surface area contributed by atoms with Gasteiger partial charge in [0.15, 0.2) is 0 Å². The zero-order chi connectivity index (χ0) is 22.8. The van der Waals surface area contributed by atoms with Gasteiger partial charge in [0.2, 0.25) is 5.91 Å². The van der Waals surface area contributed by atoms with E-state index in [1.54, 1.807) is 18.3 Å². The number of amides is 1. The first-order chi connectivity index (χ1) is 15.3. The van der Waals surface area contributed by atoms with Crippen molar-refractivity contribution in [3.63, 3.8) is 0 Å². The maximum Gasteiger partial charge on any atom is 0.278 e. The fraction of sp³-hybridized carbons (Fsp3) is 0.273. The second kappa shape index (κ2) is 9.05. The Kier molecular flexibility index (Phi) is 6.20. The van der Waals surface area contributed by atoms with Crippen LogP contribution >= 0.6 is 11.6 Å². The van der Waals surface area contributed by atoms with Crippen molar-refractivity contribution in [2.45, 2.75) is 13.0 Å². The summed E-state index contributed by atoms with van der Waals surface area (Å²) in [6, 6.07) is 8.74. The van der Waals surface area contributed by atoms with Crippen molar-refractivity contribution in [2.24, 2.45) is 0 Å². The van der Waals surface area contributed by atoms with E-state index in [1.807, 2.05) is 6.92 Å². The number of anilines is 2. The molecule has 1 aliphatic rings. The summed E-state index contributed by atoms with van der Waals surface area (Å²) in [4.78, 5) is 31.9. The molecule has 2 heterocycles. The Morgan fingerprint density at radius 3 is 2.62 bits per heavy atom. The zero-order valence-corrected chi connectivity index (χ0v) is 18.1. The maximum absolute atomic E-state index is 13.3. The molecule has 166 valence electrons. The van der Waals surface area contributed by atoms with Crippen LogP contribution in [-0.4, -0.2) is 52.9 Å². The van der Waals surface area contributed by atoms with Gasteiger partial charge in [0.25, 0.3) is 5.69 Å². The van der Waals surface area contributed by atoms with E-state index in [1.165, 1.54) is 30.5 Å². The summed E-state index contributed by atoms with van der Waals surface area (Å²) in [5.41, 5.74) is 1.38. The van der Waals surface area contributed by atoms with E-state index in [9.17, 15) is 19.3 Å². The normalized spacial score (nSPS) is 15.5. The lowest BCUT2D eigenvalue weighted by molar-refractivity contribution is -0.383. The lowest BCUT2D eigenvalue weighted by Crippen LogP contribution is -2.52. The lowest BCUT2D eigenvalue weighted by Gasteiger charge is -2.38. The van der Waals surface area contributed by atoms with E-state index in [-0.39, 0.29) is 16.6 Å². The molecule has 0 radical (unpaired) electrons. The molecule has 1 fully saturated rings. The highest BCUT2D eigenvalue weighted by atomic mass is 35.5. The third-order valence-electron chi connectivity index (χ3n) is 5.74. The molecule has 0 aliphatic carbocycles. The number of nitrogens with one attached hydrogen (secondary N) is 1. The average Bonchev–Trinajstić information content (AvgIpc) is 2.80. The van der Waals surface area contributed by atoms with Crippen molar-refractivity contribution in [1.82, 2.24) is 9.88 Å². The van der Waals surface area contributed by atoms with Crippen LogP contribution in [0.1, 0.15) is 6.92 Å². The fourth-order valence-electron chi connectivity index (χ4n) is 3.93. The van der Waals surface area contributed by atoms with Crippen LogP contribution in [0, 0.1) is 15.9 Å². The molecule has 8 nitrogen and oxygen atoms in total. The largest absolute Gasteiger partial charge is 0.368 e. The van der Waals surface area contributed by atoms with E-state index < -0.39 is 16.8 Å². The van der Waals surface area contributed by atoms with Crippen molar-refractivity contribution in [3.05, 3.63) is 69.7 Å². The predicted octanol–water partition coefficient (Wildman–Crippen LogP) is 4.08. The van der Waals surface area contributed by atoms with Gasteiger partial charge in [0, 0.05) is 61.4 Å². The van der Waals surface area contributed by atoms with Gasteiger partial charge in [-0.05, 0) is 37.3 Å². The Hall–Kier alpha value is -3.30. The molecule has 0 unspecified atom stereocenters. The number of aromatic nitrogens is 1. The molecule has 1 aromatic heterocycles. The number of piperazine rings is 1. The number of nitro groups is 1. The molecule has 1 amide bonds. The number of benzene rings is 2. The van der Waals surface area contributed by atoms with Gasteiger partial charge in [-0.25, -0.2) is 4.39 Å². The molecule has 0 saturated carbocycles. The SMILES string of the molecule is C[C@@H](C(=O)Nc1ccc(F)c(Cl)c1)N1CCN(c2ccc([N+](=O)[O-])c3cnccc23)CC1. The number of hydrogen-bond acceptors (Lipinski definition) is 6. The first-order valence-electron chi connectivity index (χ1n) is 10.1. The van der Waals surface area contributed by atoms with Crippen LogP contribution in [0.5, 0.6) is 0 Å². The van der Waals surface area contributed by atoms with Crippen molar-refractivity contribution in [3.8, 4) is 0 Å². The Morgan fingerprint density at radius 1 is 1.19 bits per heavy atom. The van der Waals surface area contributed by atoms with Crippen LogP contribution in [0.25, 0.3) is 10.8 Å². The molecule has 32 heavy (non-hydrogen) atoms. The minimum atomic E-state index is -0.539. The van der Waals surface area contributed by atoms with Crippen molar-refractivity contribution in [1.29, 1.82) is 0 Å². The van der Waals surface area contributed by atoms with E-state index >= 15 is 0 Å². The van der Waals surface area contributed by atoms with Gasteiger partial charge >= 0.3 is 0 Å². The van der Waals surface area contributed by atoms with Gasteiger partial charge < -0.3 is 10.2 Å². The van der Waals surface area contributed by atoms with Crippen molar-refractivity contribution in [2.75, 3.05) is 36.4 Å². The molecular weight excluding hydrogens is 437 g/mol. The number of nitrogens with zero attached hydrogens (tertiary/aromatic N) is 4. The zero-order valence-electron chi connectivity index (χ0n) is 17.3. The lowest BCUT2D eigenvalue weighted by atomic mass is 10.1. The standard InChI is InChI=1S/C22H21ClFN5O3/c1-14(22(30)26-15-2-3-19(24)18(23)12-15)27-8-10-28(11-9-27)20-4-5-21(29(31)32)17-13-25-7-6-16(17)20/h2-7,12-14H,8-11H2,1H3,(H,26,30)/t14-/m0/s1.